The lowest BCUT2D eigenvalue weighted by Gasteiger charge is -2.00. The number of hydrogen-bond acceptors (Lipinski definition) is 3. The van der Waals surface area contributed by atoms with Crippen LogP contribution in [-0.4, -0.2) is 5.78 Å². The van der Waals surface area contributed by atoms with Gasteiger partial charge in [-0.15, -0.1) is 0 Å². The molecule has 16 heavy (non-hydrogen) atoms. The second kappa shape index (κ2) is 4.14. The summed E-state index contributed by atoms with van der Waals surface area (Å²) in [5, 5.41) is 0. The van der Waals surface area contributed by atoms with Gasteiger partial charge in [0.25, 0.3) is 0 Å². The summed E-state index contributed by atoms with van der Waals surface area (Å²) < 4.78 is 4.80. The van der Waals surface area contributed by atoms with E-state index in [4.69, 9.17) is 4.42 Å². The van der Waals surface area contributed by atoms with Gasteiger partial charge in [-0.1, -0.05) is 30.3 Å². The van der Waals surface area contributed by atoms with Crippen molar-refractivity contribution in [2.45, 2.75) is 6.92 Å². The molecular formula is C13H10O3. The maximum atomic E-state index is 12.0. The van der Waals surface area contributed by atoms with E-state index >= 15 is 0 Å². The van der Waals surface area contributed by atoms with E-state index in [0.717, 1.165) is 0 Å². The largest absolute Gasteiger partial charge is 0.428 e. The van der Waals surface area contributed by atoms with Crippen molar-refractivity contribution < 1.29 is 9.21 Å². The molecule has 0 saturated carbocycles. The molecule has 0 amide bonds. The normalized spacial score (nSPS) is 10.1. The summed E-state index contributed by atoms with van der Waals surface area (Å²) in [6, 6.07) is 11.6. The number of hydrogen-bond donors (Lipinski definition) is 0. The van der Waals surface area contributed by atoms with Gasteiger partial charge >= 0.3 is 5.63 Å². The Morgan fingerprint density at radius 3 is 2.38 bits per heavy atom. The molecule has 2 rings (SSSR count). The van der Waals surface area contributed by atoms with Crippen LogP contribution in [0.5, 0.6) is 0 Å². The Hall–Kier alpha value is -2.16. The lowest BCUT2D eigenvalue weighted by Crippen LogP contribution is -2.07. The van der Waals surface area contributed by atoms with Crippen molar-refractivity contribution in [3.05, 3.63) is 69.8 Å². The van der Waals surface area contributed by atoms with Crippen LogP contribution in [0.2, 0.25) is 0 Å². The van der Waals surface area contributed by atoms with Crippen molar-refractivity contribution in [1.29, 1.82) is 0 Å². The smallest absolute Gasteiger partial charge is 0.336 e. The molecule has 1 aromatic heterocycles. The highest BCUT2D eigenvalue weighted by molar-refractivity contribution is 6.08. The molecule has 0 saturated heterocycles. The zero-order chi connectivity index (χ0) is 11.5. The van der Waals surface area contributed by atoms with Crippen LogP contribution in [0.4, 0.5) is 0 Å². The molecule has 0 aliphatic rings. The third-order valence-electron chi connectivity index (χ3n) is 2.19. The summed E-state index contributed by atoms with van der Waals surface area (Å²) >= 11 is 0. The SMILES string of the molecule is Cc1cc(C(=O)c2ccccc2)cc(=O)o1. The third-order valence-corrected chi connectivity index (χ3v) is 2.19. The minimum atomic E-state index is -0.501. The van der Waals surface area contributed by atoms with Crippen molar-refractivity contribution in [1.82, 2.24) is 0 Å². The first-order chi connectivity index (χ1) is 7.66. The van der Waals surface area contributed by atoms with Crippen molar-refractivity contribution in [2.24, 2.45) is 0 Å². The van der Waals surface area contributed by atoms with Gasteiger partial charge in [-0.05, 0) is 13.0 Å². The number of rotatable bonds is 2. The van der Waals surface area contributed by atoms with Crippen LogP contribution in [0, 0.1) is 6.92 Å². The van der Waals surface area contributed by atoms with Gasteiger partial charge in [0.2, 0.25) is 0 Å². The molecule has 0 radical (unpaired) electrons. The van der Waals surface area contributed by atoms with Gasteiger partial charge in [0.05, 0.1) is 0 Å². The molecule has 0 aliphatic carbocycles. The van der Waals surface area contributed by atoms with E-state index in [9.17, 15) is 9.59 Å². The highest BCUT2D eigenvalue weighted by atomic mass is 16.4. The average Bonchev–Trinajstić information content (AvgIpc) is 2.28. The summed E-state index contributed by atoms with van der Waals surface area (Å²) in [7, 11) is 0. The van der Waals surface area contributed by atoms with Crippen molar-refractivity contribution in [3.63, 3.8) is 0 Å². The summed E-state index contributed by atoms with van der Waals surface area (Å²) in [5.74, 6) is 0.267. The number of ketones is 1. The fraction of sp³-hybridized carbons (Fsp3) is 0.0769. The highest BCUT2D eigenvalue weighted by Crippen LogP contribution is 2.09. The lowest BCUT2D eigenvalue weighted by atomic mass is 10.0. The van der Waals surface area contributed by atoms with E-state index < -0.39 is 5.63 Å². The van der Waals surface area contributed by atoms with Crippen LogP contribution in [0.3, 0.4) is 0 Å². The second-order valence-electron chi connectivity index (χ2n) is 3.47. The van der Waals surface area contributed by atoms with E-state index in [1.54, 1.807) is 37.3 Å². The molecule has 3 heteroatoms. The highest BCUT2D eigenvalue weighted by Gasteiger charge is 2.10. The van der Waals surface area contributed by atoms with Gasteiger partial charge in [-0.3, -0.25) is 4.79 Å². The predicted octanol–water partition coefficient (Wildman–Crippen LogP) is 2.18. The van der Waals surface area contributed by atoms with Gasteiger partial charge in [0.15, 0.2) is 5.78 Å². The molecule has 0 N–H and O–H groups in total. The Morgan fingerprint density at radius 1 is 1.06 bits per heavy atom. The minimum Gasteiger partial charge on any atom is -0.428 e. The van der Waals surface area contributed by atoms with Gasteiger partial charge in [-0.2, -0.15) is 0 Å². The zero-order valence-corrected chi connectivity index (χ0v) is 8.77. The van der Waals surface area contributed by atoms with E-state index in [-0.39, 0.29) is 5.78 Å². The Labute approximate surface area is 92.3 Å². The molecule has 3 nitrogen and oxygen atoms in total. The molecule has 0 fully saturated rings. The Bertz CT molecular complexity index is 567. The number of carbonyl (C=O) groups is 1. The Morgan fingerprint density at radius 2 is 1.75 bits per heavy atom. The van der Waals surface area contributed by atoms with Crippen LogP contribution < -0.4 is 5.63 Å². The lowest BCUT2D eigenvalue weighted by molar-refractivity contribution is 0.103. The molecule has 0 spiro atoms. The minimum absolute atomic E-state index is 0.170. The quantitative estimate of drug-likeness (QED) is 0.720. The van der Waals surface area contributed by atoms with Gasteiger partial charge in [0, 0.05) is 17.2 Å². The molecule has 0 unspecified atom stereocenters. The molecule has 2 aromatic rings. The van der Waals surface area contributed by atoms with Crippen LogP contribution >= 0.6 is 0 Å². The molecule has 80 valence electrons. The maximum absolute atomic E-state index is 12.0. The molecule has 0 atom stereocenters. The van der Waals surface area contributed by atoms with Crippen LogP contribution in [0.1, 0.15) is 21.7 Å². The second-order valence-corrected chi connectivity index (χ2v) is 3.47. The van der Waals surface area contributed by atoms with Gasteiger partial charge in [0.1, 0.15) is 5.76 Å². The summed E-state index contributed by atoms with van der Waals surface area (Å²) in [4.78, 5) is 23.1. The van der Waals surface area contributed by atoms with Crippen LogP contribution in [0.15, 0.2) is 51.7 Å². The molecule has 1 aromatic carbocycles. The summed E-state index contributed by atoms with van der Waals surface area (Å²) in [5.41, 5.74) is 0.423. The topological polar surface area (TPSA) is 47.3 Å². The van der Waals surface area contributed by atoms with Gasteiger partial charge in [-0.25, -0.2) is 4.79 Å². The first-order valence-electron chi connectivity index (χ1n) is 4.88. The van der Waals surface area contributed by atoms with Crippen molar-refractivity contribution in [2.75, 3.05) is 0 Å². The molecule has 0 aliphatic heterocycles. The third kappa shape index (κ3) is 2.08. The first kappa shape index (κ1) is 10.4. The maximum Gasteiger partial charge on any atom is 0.336 e. The predicted molar refractivity (Wildman–Crippen MR) is 59.6 cm³/mol. The summed E-state index contributed by atoms with van der Waals surface area (Å²) in [6.45, 7) is 1.64. The molecular weight excluding hydrogens is 204 g/mol. The fourth-order valence-corrected chi connectivity index (χ4v) is 1.49. The average molecular weight is 214 g/mol. The van der Waals surface area contributed by atoms with E-state index in [1.165, 1.54) is 6.07 Å². The van der Waals surface area contributed by atoms with Crippen LogP contribution in [-0.2, 0) is 0 Å². The Kier molecular flexibility index (Phi) is 2.68. The molecule has 0 bridgehead atoms. The molecule has 1 heterocycles. The number of aryl methyl sites for hydroxylation is 1. The van der Waals surface area contributed by atoms with Gasteiger partial charge < -0.3 is 4.42 Å². The van der Waals surface area contributed by atoms with Crippen molar-refractivity contribution in [3.8, 4) is 0 Å². The first-order valence-corrected chi connectivity index (χ1v) is 4.88. The standard InChI is InChI=1S/C13H10O3/c1-9-7-11(8-12(14)16-9)13(15)10-5-3-2-4-6-10/h2-8H,1H3. The zero-order valence-electron chi connectivity index (χ0n) is 8.77. The van der Waals surface area contributed by atoms with Crippen LogP contribution in [0.25, 0.3) is 0 Å². The van der Waals surface area contributed by atoms with E-state index in [2.05, 4.69) is 0 Å². The number of benzene rings is 1. The number of carbonyl (C=O) groups excluding carboxylic acids is 1. The Balaban J connectivity index is 2.46. The van der Waals surface area contributed by atoms with E-state index in [1.807, 2.05) is 6.07 Å². The monoisotopic (exact) mass is 214 g/mol. The summed E-state index contributed by atoms with van der Waals surface area (Å²) in [6.07, 6.45) is 0. The van der Waals surface area contributed by atoms with E-state index in [0.29, 0.717) is 16.9 Å². The fourth-order valence-electron chi connectivity index (χ4n) is 1.49. The van der Waals surface area contributed by atoms with Crippen molar-refractivity contribution >= 4 is 5.78 Å².